The molecule has 0 heterocycles. The predicted octanol–water partition coefficient (Wildman–Crippen LogP) is 4.76. The molecule has 0 bridgehead atoms. The predicted molar refractivity (Wildman–Crippen MR) is 96.9 cm³/mol. The Bertz CT molecular complexity index is 772. The van der Waals surface area contributed by atoms with Gasteiger partial charge in [0.2, 0.25) is 5.91 Å². The van der Waals surface area contributed by atoms with Crippen molar-refractivity contribution in [1.29, 1.82) is 0 Å². The lowest BCUT2D eigenvalue weighted by atomic mass is 10.0. The summed E-state index contributed by atoms with van der Waals surface area (Å²) in [4.78, 5) is 24.2. The molecule has 0 aliphatic heterocycles. The van der Waals surface area contributed by atoms with Gasteiger partial charge >= 0.3 is 0 Å². The molecule has 2 aromatic rings. The maximum atomic E-state index is 13.3. The number of nitrogens with one attached hydrogen (secondary N) is 1. The quantitative estimate of drug-likeness (QED) is 0.691. The van der Waals surface area contributed by atoms with E-state index in [4.69, 9.17) is 0 Å². The van der Waals surface area contributed by atoms with Crippen LogP contribution in [0.5, 0.6) is 0 Å². The molecule has 3 nitrogen and oxygen atoms in total. The van der Waals surface area contributed by atoms with Crippen LogP contribution < -0.4 is 5.32 Å². The smallest absolute Gasteiger partial charge is 0.220 e. The fourth-order valence-electron chi connectivity index (χ4n) is 2.70. The van der Waals surface area contributed by atoms with E-state index in [1.807, 2.05) is 12.1 Å². The Morgan fingerprint density at radius 3 is 2.31 bits per heavy atom. The first-order valence-electron chi connectivity index (χ1n) is 8.77. The van der Waals surface area contributed by atoms with E-state index in [2.05, 4.69) is 12.2 Å². The molecule has 1 atom stereocenters. The van der Waals surface area contributed by atoms with Gasteiger partial charge in [0.05, 0.1) is 6.04 Å². The highest BCUT2D eigenvalue weighted by molar-refractivity contribution is 5.98. The second kappa shape index (κ2) is 9.22. The van der Waals surface area contributed by atoms with E-state index in [0.29, 0.717) is 11.1 Å². The van der Waals surface area contributed by atoms with Crippen LogP contribution in [0.1, 0.15) is 60.6 Å². The average Bonchev–Trinajstić information content (AvgIpc) is 2.62. The summed E-state index contributed by atoms with van der Waals surface area (Å²) in [5.41, 5.74) is 2.24. The molecule has 2 aromatic carbocycles. The first-order valence-corrected chi connectivity index (χ1v) is 8.77. The van der Waals surface area contributed by atoms with E-state index in [9.17, 15) is 18.4 Å². The zero-order valence-electron chi connectivity index (χ0n) is 15.0. The standard InChI is InChI=1S/C21H23F2NO2/c1-3-4-15-5-7-16(8-6-15)20(25)11-12-21(26)24-14(2)17-9-10-18(22)19(23)13-17/h5-10,13-14H,3-4,11-12H2,1-2H3,(H,24,26). The van der Waals surface area contributed by atoms with Crippen molar-refractivity contribution in [3.63, 3.8) is 0 Å². The number of Topliss-reactive ketones (excluding diaryl/α,β-unsaturated/α-hetero) is 1. The fraction of sp³-hybridized carbons (Fsp3) is 0.333. The maximum Gasteiger partial charge on any atom is 0.220 e. The topological polar surface area (TPSA) is 46.2 Å². The number of halogens is 2. The number of benzene rings is 2. The van der Waals surface area contributed by atoms with E-state index in [1.54, 1.807) is 19.1 Å². The number of amides is 1. The third kappa shape index (κ3) is 5.48. The van der Waals surface area contributed by atoms with Crippen LogP contribution in [0.25, 0.3) is 0 Å². The number of ketones is 1. The summed E-state index contributed by atoms with van der Waals surface area (Å²) in [6, 6.07) is 10.5. The molecule has 1 amide bonds. The summed E-state index contributed by atoms with van der Waals surface area (Å²) >= 11 is 0. The summed E-state index contributed by atoms with van der Waals surface area (Å²) in [5.74, 6) is -2.28. The minimum Gasteiger partial charge on any atom is -0.350 e. The van der Waals surface area contributed by atoms with Crippen molar-refractivity contribution in [3.8, 4) is 0 Å². The second-order valence-electron chi connectivity index (χ2n) is 6.33. The lowest BCUT2D eigenvalue weighted by Gasteiger charge is -2.14. The average molecular weight is 359 g/mol. The molecule has 1 N–H and O–H groups in total. The lowest BCUT2D eigenvalue weighted by molar-refractivity contribution is -0.121. The van der Waals surface area contributed by atoms with E-state index >= 15 is 0 Å². The second-order valence-corrected chi connectivity index (χ2v) is 6.33. The van der Waals surface area contributed by atoms with Gasteiger partial charge in [0, 0.05) is 18.4 Å². The van der Waals surface area contributed by atoms with Crippen molar-refractivity contribution < 1.29 is 18.4 Å². The summed E-state index contributed by atoms with van der Waals surface area (Å²) < 4.78 is 26.2. The molecule has 1 unspecified atom stereocenters. The molecule has 0 saturated carbocycles. The van der Waals surface area contributed by atoms with Crippen LogP contribution in [0.15, 0.2) is 42.5 Å². The highest BCUT2D eigenvalue weighted by atomic mass is 19.2. The van der Waals surface area contributed by atoms with Gasteiger partial charge in [-0.2, -0.15) is 0 Å². The monoisotopic (exact) mass is 359 g/mol. The van der Waals surface area contributed by atoms with E-state index in [-0.39, 0.29) is 24.5 Å². The van der Waals surface area contributed by atoms with Crippen molar-refractivity contribution in [3.05, 3.63) is 70.8 Å². The van der Waals surface area contributed by atoms with Crippen LogP contribution in [0.4, 0.5) is 8.78 Å². The summed E-state index contributed by atoms with van der Waals surface area (Å²) in [6.07, 6.45) is 2.16. The summed E-state index contributed by atoms with van der Waals surface area (Å²) in [5, 5.41) is 2.70. The first-order chi connectivity index (χ1) is 12.4. The Hall–Kier alpha value is -2.56. The molecule has 2 rings (SSSR count). The van der Waals surface area contributed by atoms with Gasteiger partial charge in [0.25, 0.3) is 0 Å². The Labute approximate surface area is 152 Å². The number of aryl methyl sites for hydroxylation is 1. The highest BCUT2D eigenvalue weighted by Crippen LogP contribution is 2.16. The highest BCUT2D eigenvalue weighted by Gasteiger charge is 2.14. The molecule has 0 aliphatic carbocycles. The molecule has 0 radical (unpaired) electrons. The molecule has 0 fully saturated rings. The molecule has 0 aliphatic rings. The number of rotatable bonds is 8. The molecular weight excluding hydrogens is 336 g/mol. The van der Waals surface area contributed by atoms with Gasteiger partial charge in [-0.25, -0.2) is 8.78 Å². The van der Waals surface area contributed by atoms with Crippen LogP contribution in [0.3, 0.4) is 0 Å². The van der Waals surface area contributed by atoms with Crippen LogP contribution >= 0.6 is 0 Å². The van der Waals surface area contributed by atoms with Gasteiger partial charge in [0.15, 0.2) is 17.4 Å². The van der Waals surface area contributed by atoms with Crippen molar-refractivity contribution in [2.75, 3.05) is 0 Å². The van der Waals surface area contributed by atoms with Crippen LogP contribution in [0, 0.1) is 11.6 Å². The Kier molecular flexibility index (Phi) is 7.01. The molecule has 26 heavy (non-hydrogen) atoms. The Morgan fingerprint density at radius 2 is 1.69 bits per heavy atom. The third-order valence-electron chi connectivity index (χ3n) is 4.21. The van der Waals surface area contributed by atoms with Crippen LogP contribution in [-0.2, 0) is 11.2 Å². The van der Waals surface area contributed by atoms with Crippen molar-refractivity contribution >= 4 is 11.7 Å². The van der Waals surface area contributed by atoms with Crippen LogP contribution in [-0.4, -0.2) is 11.7 Å². The number of hydrogen-bond donors (Lipinski definition) is 1. The number of hydrogen-bond acceptors (Lipinski definition) is 2. The van der Waals surface area contributed by atoms with Gasteiger partial charge in [-0.3, -0.25) is 9.59 Å². The SMILES string of the molecule is CCCc1ccc(C(=O)CCC(=O)NC(C)c2ccc(F)c(F)c2)cc1. The van der Waals surface area contributed by atoms with Crippen LogP contribution in [0.2, 0.25) is 0 Å². The molecule has 0 spiro atoms. The zero-order chi connectivity index (χ0) is 19.1. The van der Waals surface area contributed by atoms with E-state index in [0.717, 1.165) is 25.0 Å². The van der Waals surface area contributed by atoms with Gasteiger partial charge in [-0.1, -0.05) is 43.7 Å². The molecular formula is C21H23F2NO2. The minimum atomic E-state index is -0.953. The van der Waals surface area contributed by atoms with Crippen molar-refractivity contribution in [1.82, 2.24) is 5.32 Å². The molecule has 0 aromatic heterocycles. The molecule has 138 valence electrons. The van der Waals surface area contributed by atoms with Gasteiger partial charge in [-0.05, 0) is 36.6 Å². The van der Waals surface area contributed by atoms with E-state index in [1.165, 1.54) is 11.6 Å². The first kappa shape index (κ1) is 19.8. The zero-order valence-corrected chi connectivity index (χ0v) is 15.0. The maximum absolute atomic E-state index is 13.3. The summed E-state index contributed by atoms with van der Waals surface area (Å²) in [6.45, 7) is 3.78. The Balaban J connectivity index is 1.85. The number of carbonyl (C=O) groups excluding carboxylic acids is 2. The Morgan fingerprint density at radius 1 is 1.00 bits per heavy atom. The van der Waals surface area contributed by atoms with Gasteiger partial charge < -0.3 is 5.32 Å². The van der Waals surface area contributed by atoms with Gasteiger partial charge in [0.1, 0.15) is 0 Å². The third-order valence-corrected chi connectivity index (χ3v) is 4.21. The largest absolute Gasteiger partial charge is 0.350 e. The molecule has 0 saturated heterocycles. The minimum absolute atomic E-state index is 0.0452. The molecule has 5 heteroatoms. The van der Waals surface area contributed by atoms with Crippen molar-refractivity contribution in [2.45, 2.75) is 45.6 Å². The number of carbonyl (C=O) groups is 2. The lowest BCUT2D eigenvalue weighted by Crippen LogP contribution is -2.27. The fourth-order valence-corrected chi connectivity index (χ4v) is 2.70. The van der Waals surface area contributed by atoms with Crippen molar-refractivity contribution in [2.24, 2.45) is 0 Å². The van der Waals surface area contributed by atoms with Gasteiger partial charge in [-0.15, -0.1) is 0 Å². The summed E-state index contributed by atoms with van der Waals surface area (Å²) in [7, 11) is 0. The van der Waals surface area contributed by atoms with E-state index < -0.39 is 17.7 Å². The normalized spacial score (nSPS) is 11.8.